The van der Waals surface area contributed by atoms with Gasteiger partial charge >= 0.3 is 0 Å². The summed E-state index contributed by atoms with van der Waals surface area (Å²) >= 11 is 0.987. The van der Waals surface area contributed by atoms with Crippen LogP contribution >= 0.6 is 66.3 Å². The molecule has 20 heteroatoms. The molecule has 192 valence electrons. The molecule has 2 heterocycles. The summed E-state index contributed by atoms with van der Waals surface area (Å²) in [5.41, 5.74) is -0.970. The minimum Gasteiger partial charge on any atom is -0.288 e. The molecule has 0 aromatic heterocycles. The summed E-state index contributed by atoms with van der Waals surface area (Å²) in [4.78, 5) is 18.3. The molecule has 0 saturated carbocycles. The van der Waals surface area contributed by atoms with Crippen molar-refractivity contribution in [3.8, 4) is 0 Å². The zero-order valence-electron chi connectivity index (χ0n) is 16.4. The normalized spacial score (nSPS) is 18.4. The van der Waals surface area contributed by atoms with Gasteiger partial charge in [0.15, 0.2) is 0 Å². The molecule has 2 aromatic rings. The van der Waals surface area contributed by atoms with Crippen molar-refractivity contribution >= 4 is 114 Å². The Morgan fingerprint density at radius 1 is 0.556 bits per heavy atom. The van der Waals surface area contributed by atoms with Crippen LogP contribution in [0.15, 0.2) is 63.4 Å². The predicted molar refractivity (Wildman–Crippen MR) is 132 cm³/mol. The summed E-state index contributed by atoms with van der Waals surface area (Å²) in [6, 6.07) is 6.11. The molecule has 0 atom stereocenters. The van der Waals surface area contributed by atoms with Gasteiger partial charge in [0, 0.05) is 58.1 Å². The molecule has 36 heavy (non-hydrogen) atoms. The third kappa shape index (κ3) is 4.63. The molecule has 0 radical (unpaired) electrons. The van der Waals surface area contributed by atoms with Crippen LogP contribution in [0.5, 0.6) is 0 Å². The highest BCUT2D eigenvalue weighted by Gasteiger charge is 2.49. The Bertz CT molecular complexity index is 1910. The Hall–Kier alpha value is -0.820. The van der Waals surface area contributed by atoms with Crippen molar-refractivity contribution in [2.45, 2.75) is 29.4 Å². The van der Waals surface area contributed by atoms with Gasteiger partial charge in [-0.2, -0.15) is 0 Å². The van der Waals surface area contributed by atoms with E-state index >= 15 is 0 Å². The molecule has 2 aromatic carbocycles. The number of hydrogen-bond donors (Lipinski definition) is 0. The molecule has 2 aliphatic rings. The Balaban J connectivity index is 2.26. The Morgan fingerprint density at radius 3 is 1.47 bits per heavy atom. The van der Waals surface area contributed by atoms with Gasteiger partial charge in [-0.25, -0.2) is 33.7 Å². The van der Waals surface area contributed by atoms with E-state index in [1.54, 1.807) is 12.1 Å². The van der Waals surface area contributed by atoms with Gasteiger partial charge in [0.05, 0.1) is 15.4 Å². The lowest BCUT2D eigenvalue weighted by atomic mass is 10.1. The highest BCUT2D eigenvalue weighted by atomic mass is 35.7. The van der Waals surface area contributed by atoms with Crippen molar-refractivity contribution in [1.82, 2.24) is 0 Å². The van der Waals surface area contributed by atoms with Crippen molar-refractivity contribution < 1.29 is 43.3 Å². The van der Waals surface area contributed by atoms with Crippen molar-refractivity contribution in [2.24, 2.45) is 0 Å². The molecular weight excluding hydrogens is 686 g/mol. The monoisotopic (exact) mass is 688 g/mol. The van der Waals surface area contributed by atoms with E-state index in [0.717, 1.165) is 11.8 Å². The van der Waals surface area contributed by atoms with Crippen LogP contribution in [0, 0.1) is 0 Å². The molecule has 0 fully saturated rings. The average Bonchev–Trinajstić information content (AvgIpc) is 3.20. The minimum absolute atomic E-state index is 0.179. The average molecular weight is 690 g/mol. The number of hydrogen-bond acceptors (Lipinski definition) is 12. The molecule has 2 aliphatic heterocycles. The second kappa shape index (κ2) is 8.86. The number of ketones is 2. The smallest absolute Gasteiger partial charge is 0.264 e. The molecule has 0 unspecified atom stereocenters. The van der Waals surface area contributed by atoms with Crippen LogP contribution in [0.1, 0.15) is 20.7 Å². The quantitative estimate of drug-likeness (QED) is 0.336. The number of allylic oxidation sites excluding steroid dienone is 2. The summed E-state index contributed by atoms with van der Waals surface area (Å²) in [7, 11) is -0.0875. The number of carbonyl (C=O) groups is 2. The van der Waals surface area contributed by atoms with Crippen LogP contribution in [0.25, 0.3) is 0 Å². The van der Waals surface area contributed by atoms with Gasteiger partial charge in [0.1, 0.15) is 19.6 Å². The van der Waals surface area contributed by atoms with Gasteiger partial charge in [0.2, 0.25) is 11.6 Å². The van der Waals surface area contributed by atoms with Gasteiger partial charge in [-0.3, -0.25) is 9.59 Å². The summed E-state index contributed by atoms with van der Waals surface area (Å²) < 4.78 is 99.5. The zero-order valence-corrected chi connectivity index (χ0v) is 24.3. The lowest BCUT2D eigenvalue weighted by Gasteiger charge is -2.16. The van der Waals surface area contributed by atoms with Crippen LogP contribution in [0.3, 0.4) is 0 Å². The van der Waals surface area contributed by atoms with Gasteiger partial charge in [-0.05, 0) is 12.1 Å². The summed E-state index contributed by atoms with van der Waals surface area (Å²) in [6.45, 7) is 0. The van der Waals surface area contributed by atoms with Crippen LogP contribution in [0.4, 0.5) is 0 Å². The summed E-state index contributed by atoms with van der Waals surface area (Å²) in [5.74, 6) is -2.01. The first-order chi connectivity index (χ1) is 16.3. The second-order valence-electron chi connectivity index (χ2n) is 6.79. The van der Waals surface area contributed by atoms with Crippen LogP contribution in [0.2, 0.25) is 0 Å². The van der Waals surface area contributed by atoms with E-state index in [-0.39, 0.29) is 22.2 Å². The number of Topliss-reactive ketones (excluding diaryl/α,β-unsaturated/α-hetero) is 2. The topological polar surface area (TPSA) is 171 Å². The van der Waals surface area contributed by atoms with Gasteiger partial charge in [-0.15, -0.1) is 0 Å². The maximum atomic E-state index is 13.4. The van der Waals surface area contributed by atoms with Gasteiger partial charge in [0.25, 0.3) is 36.2 Å². The van der Waals surface area contributed by atoms with Crippen LogP contribution < -0.4 is 0 Å². The van der Waals surface area contributed by atoms with Crippen molar-refractivity contribution in [3.05, 3.63) is 45.2 Å². The van der Waals surface area contributed by atoms with E-state index in [9.17, 15) is 43.3 Å². The molecule has 0 N–H and O–H groups in total. The third-order valence-electron chi connectivity index (χ3n) is 4.65. The minimum atomic E-state index is -5.48. The fourth-order valence-corrected chi connectivity index (χ4v) is 14.0. The number of rotatable bonds is 4. The third-order valence-corrected chi connectivity index (χ3v) is 13.1. The fourth-order valence-electron chi connectivity index (χ4n) is 3.42. The van der Waals surface area contributed by atoms with Crippen molar-refractivity contribution in [2.75, 3.05) is 0 Å². The number of fused-ring (bicyclic) bond motifs is 2. The first kappa shape index (κ1) is 28.2. The number of benzene rings is 2. The summed E-state index contributed by atoms with van der Waals surface area (Å²) in [5, 5.41) is 0. The van der Waals surface area contributed by atoms with E-state index in [2.05, 4.69) is 0 Å². The standard InChI is InChI=1S/C16H4Cl4O10S6/c17-33(23,24)13-7-9(22)12(11-8(21)5-3-1-2-4-6(5)31-11)32-10(7)14(34(18,25)26)16(36(20,29)30)15(13)35(19,27)28/h1-4H. The molecule has 0 spiro atoms. The second-order valence-corrected chi connectivity index (χ2v) is 18.9. The lowest BCUT2D eigenvalue weighted by Crippen LogP contribution is -2.17. The van der Waals surface area contributed by atoms with Crippen LogP contribution in [-0.2, 0) is 36.2 Å². The Labute approximate surface area is 230 Å². The molecule has 0 amide bonds. The van der Waals surface area contributed by atoms with E-state index in [4.69, 9.17) is 42.7 Å². The summed E-state index contributed by atoms with van der Waals surface area (Å²) in [6.07, 6.45) is 0. The van der Waals surface area contributed by atoms with E-state index in [0.29, 0.717) is 4.90 Å². The van der Waals surface area contributed by atoms with Crippen molar-refractivity contribution in [1.29, 1.82) is 0 Å². The maximum Gasteiger partial charge on any atom is 0.264 e. The van der Waals surface area contributed by atoms with Gasteiger partial charge in [-0.1, -0.05) is 35.7 Å². The molecule has 0 bridgehead atoms. The van der Waals surface area contributed by atoms with Crippen LogP contribution in [-0.4, -0.2) is 45.2 Å². The van der Waals surface area contributed by atoms with Gasteiger partial charge < -0.3 is 0 Å². The van der Waals surface area contributed by atoms with E-state index in [1.807, 2.05) is 0 Å². The Kier molecular flexibility index (Phi) is 6.94. The molecule has 10 nitrogen and oxygen atoms in total. The SMILES string of the molecule is O=C1C(=C2Sc3c(c(S(=O)(=O)Cl)c(S(=O)(=O)Cl)c(S(=O)(=O)Cl)c3S(=O)(=O)Cl)C2=O)Sc2ccccc21. The molecule has 0 saturated heterocycles. The Morgan fingerprint density at radius 2 is 1.00 bits per heavy atom. The number of halogens is 4. The van der Waals surface area contributed by atoms with E-state index < -0.39 is 82.7 Å². The van der Waals surface area contributed by atoms with E-state index in [1.165, 1.54) is 12.1 Å². The largest absolute Gasteiger partial charge is 0.288 e. The number of carbonyl (C=O) groups excluding carboxylic acids is 2. The number of thioether (sulfide) groups is 2. The molecule has 0 aliphatic carbocycles. The molecule has 4 rings (SSSR count). The highest BCUT2D eigenvalue weighted by molar-refractivity contribution is 8.19. The first-order valence-electron chi connectivity index (χ1n) is 8.57. The fraction of sp³-hybridized carbons (Fsp3) is 0. The van der Waals surface area contributed by atoms with Crippen molar-refractivity contribution in [3.63, 3.8) is 0 Å². The first-order valence-corrected chi connectivity index (χ1v) is 19.4. The highest BCUT2D eigenvalue weighted by Crippen LogP contribution is 2.56. The predicted octanol–water partition coefficient (Wildman–Crippen LogP) is 3.89. The zero-order chi connectivity index (χ0) is 27.2. The lowest BCUT2D eigenvalue weighted by molar-refractivity contribution is 0.101. The molecular formula is C16H4Cl4O10S6. The maximum absolute atomic E-state index is 13.4.